The summed E-state index contributed by atoms with van der Waals surface area (Å²) in [6, 6.07) is 45.8. The van der Waals surface area contributed by atoms with Gasteiger partial charge < -0.3 is 0 Å². The number of nitrogens with zero attached hydrogens (tertiary/aromatic N) is 4. The van der Waals surface area contributed by atoms with Crippen LogP contribution in [0.2, 0.25) is 0 Å². The number of hydrogen-bond acceptors (Lipinski definition) is 5. The molecule has 250 valence electrons. The Morgan fingerprint density at radius 2 is 1.14 bits per heavy atom. The molecule has 0 aliphatic carbocycles. The van der Waals surface area contributed by atoms with Crippen molar-refractivity contribution in [2.75, 3.05) is 21.4 Å². The van der Waals surface area contributed by atoms with E-state index in [1.807, 2.05) is 12.3 Å². The standard InChI is InChI=1S/C44H42N4OTe/c1-43(2,3)30-13-11-14-32(25-30)46-29-47(37-18-8-7-17-36(37)46)33-15-12-16-34(27-33)49-35-21-22-41-39(28-35)48(38-19-9-10-20-40(38)50-41)42-26-31(23-24-45-42)44(4,5)6/h7-28H,29H2,1-6H3. The van der Waals surface area contributed by atoms with Crippen LogP contribution in [0.4, 0.5) is 39.9 Å². The molecule has 6 aromatic rings. The Labute approximate surface area is 306 Å². The van der Waals surface area contributed by atoms with Crippen LogP contribution >= 0.6 is 0 Å². The summed E-state index contributed by atoms with van der Waals surface area (Å²) in [6.07, 6.45) is 1.94. The van der Waals surface area contributed by atoms with E-state index in [9.17, 15) is 0 Å². The molecule has 0 unspecified atom stereocenters. The predicted molar refractivity (Wildman–Crippen MR) is 210 cm³/mol. The van der Waals surface area contributed by atoms with Gasteiger partial charge in [-0.05, 0) is 23.1 Å². The predicted octanol–water partition coefficient (Wildman–Crippen LogP) is 10.2. The van der Waals surface area contributed by atoms with Gasteiger partial charge in [0.05, 0.1) is 0 Å². The van der Waals surface area contributed by atoms with Crippen molar-refractivity contribution in [3.8, 4) is 11.5 Å². The fraction of sp³-hybridized carbons (Fsp3) is 0.205. The Kier molecular flexibility index (Phi) is 8.13. The van der Waals surface area contributed by atoms with E-state index in [0.29, 0.717) is 6.67 Å². The number of rotatable bonds is 5. The minimum absolute atomic E-state index is 0.0172. The van der Waals surface area contributed by atoms with Crippen LogP contribution < -0.4 is 26.7 Å². The van der Waals surface area contributed by atoms with Gasteiger partial charge in [-0.3, -0.25) is 0 Å². The van der Waals surface area contributed by atoms with Crippen molar-refractivity contribution >= 4 is 68.1 Å². The smallest absolute Gasteiger partial charge is 0.0346 e. The van der Waals surface area contributed by atoms with Crippen LogP contribution in [0.3, 0.4) is 0 Å². The number of benzene rings is 5. The molecule has 1 aromatic heterocycles. The number of para-hydroxylation sites is 3. The second kappa shape index (κ2) is 12.5. The van der Waals surface area contributed by atoms with Gasteiger partial charge in [-0.1, -0.05) is 39.0 Å². The summed E-state index contributed by atoms with van der Waals surface area (Å²) < 4.78 is 9.47. The normalized spacial score (nSPS) is 13.9. The van der Waals surface area contributed by atoms with Crippen LogP contribution in [0.15, 0.2) is 134 Å². The maximum Gasteiger partial charge on any atom is -0.0346 e. The van der Waals surface area contributed by atoms with Crippen molar-refractivity contribution in [1.29, 1.82) is 0 Å². The molecule has 2 aliphatic heterocycles. The van der Waals surface area contributed by atoms with E-state index >= 15 is 0 Å². The molecule has 0 spiro atoms. The van der Waals surface area contributed by atoms with Crippen molar-refractivity contribution in [3.05, 3.63) is 145 Å². The van der Waals surface area contributed by atoms with Gasteiger partial charge in [0.15, 0.2) is 0 Å². The largest absolute Gasteiger partial charge is 0.0346 e. The summed E-state index contributed by atoms with van der Waals surface area (Å²) in [5.41, 5.74) is 9.72. The van der Waals surface area contributed by atoms with Crippen molar-refractivity contribution < 1.29 is 4.74 Å². The zero-order valence-electron chi connectivity index (χ0n) is 29.5. The second-order valence-corrected chi connectivity index (χ2v) is 18.2. The molecule has 8 rings (SSSR count). The van der Waals surface area contributed by atoms with E-state index in [1.54, 1.807) is 0 Å². The van der Waals surface area contributed by atoms with E-state index in [1.165, 1.54) is 41.1 Å². The van der Waals surface area contributed by atoms with E-state index in [-0.39, 0.29) is 10.8 Å². The van der Waals surface area contributed by atoms with Crippen LogP contribution in [0, 0.1) is 0 Å². The first kappa shape index (κ1) is 32.4. The van der Waals surface area contributed by atoms with Crippen LogP contribution in [0.5, 0.6) is 11.5 Å². The Hall–Kier alpha value is -4.76. The van der Waals surface area contributed by atoms with Gasteiger partial charge in [0.1, 0.15) is 0 Å². The molecule has 0 saturated heterocycles. The van der Waals surface area contributed by atoms with E-state index in [0.717, 1.165) is 28.7 Å². The maximum atomic E-state index is 6.67. The number of aromatic nitrogens is 1. The molecule has 0 amide bonds. The summed E-state index contributed by atoms with van der Waals surface area (Å²) >= 11 is -0.576. The molecule has 0 saturated carbocycles. The van der Waals surface area contributed by atoms with Crippen molar-refractivity contribution in [3.63, 3.8) is 0 Å². The van der Waals surface area contributed by atoms with Crippen molar-refractivity contribution in [2.24, 2.45) is 0 Å². The van der Waals surface area contributed by atoms with Crippen LogP contribution in [0.25, 0.3) is 0 Å². The summed E-state index contributed by atoms with van der Waals surface area (Å²) in [5, 5.41) is 0. The van der Waals surface area contributed by atoms with Gasteiger partial charge in [0.25, 0.3) is 0 Å². The number of ether oxygens (including phenoxy) is 1. The average molecular weight is 770 g/mol. The summed E-state index contributed by atoms with van der Waals surface area (Å²) in [6.45, 7) is 14.3. The third-order valence-corrected chi connectivity index (χ3v) is 12.7. The Balaban J connectivity index is 1.12. The first-order valence-electron chi connectivity index (χ1n) is 17.2. The Morgan fingerprint density at radius 1 is 0.540 bits per heavy atom. The molecule has 0 bridgehead atoms. The average Bonchev–Trinajstić information content (AvgIpc) is 3.50. The molecular weight excluding hydrogens is 728 g/mol. The van der Waals surface area contributed by atoms with Gasteiger partial charge in [0, 0.05) is 0 Å². The molecule has 50 heavy (non-hydrogen) atoms. The third-order valence-electron chi connectivity index (χ3n) is 9.47. The first-order valence-corrected chi connectivity index (χ1v) is 19.6. The minimum atomic E-state index is -0.576. The summed E-state index contributed by atoms with van der Waals surface area (Å²) in [7, 11) is 0. The topological polar surface area (TPSA) is 31.8 Å². The molecule has 0 fully saturated rings. The van der Waals surface area contributed by atoms with E-state index < -0.39 is 20.9 Å². The molecule has 0 atom stereocenters. The van der Waals surface area contributed by atoms with Crippen molar-refractivity contribution in [2.45, 2.75) is 52.4 Å². The van der Waals surface area contributed by atoms with Crippen LogP contribution in [-0.4, -0.2) is 32.6 Å². The quantitative estimate of drug-likeness (QED) is 0.163. The molecule has 6 heteroatoms. The maximum absolute atomic E-state index is 6.67. The zero-order valence-corrected chi connectivity index (χ0v) is 31.8. The number of anilines is 7. The Morgan fingerprint density at radius 3 is 1.86 bits per heavy atom. The fourth-order valence-electron chi connectivity index (χ4n) is 6.70. The minimum Gasteiger partial charge on any atom is -0.0346 e. The monoisotopic (exact) mass is 772 g/mol. The van der Waals surface area contributed by atoms with Gasteiger partial charge >= 0.3 is 246 Å². The molecular formula is C44H42N4OTe. The molecule has 2 aliphatic rings. The molecule has 3 heterocycles. The number of hydrogen-bond donors (Lipinski definition) is 0. The van der Waals surface area contributed by atoms with Gasteiger partial charge in [-0.15, -0.1) is 0 Å². The number of pyridine rings is 1. The molecule has 5 nitrogen and oxygen atoms in total. The SMILES string of the molecule is CC(C)(C)c1cccc(N2CN(c3cccc(Oc4ccc5c(c4)N(c4cc(C(C)(C)C)ccn4)c4ccccc4[Te]5)c3)c3ccccc32)c1. The van der Waals surface area contributed by atoms with Crippen LogP contribution in [0.1, 0.15) is 52.7 Å². The molecule has 0 radical (unpaired) electrons. The van der Waals surface area contributed by atoms with Gasteiger partial charge in [0.2, 0.25) is 0 Å². The van der Waals surface area contributed by atoms with E-state index in [2.05, 4.69) is 178 Å². The van der Waals surface area contributed by atoms with Gasteiger partial charge in [-0.25, -0.2) is 0 Å². The fourth-order valence-corrected chi connectivity index (χ4v) is 9.66. The summed E-state index contributed by atoms with van der Waals surface area (Å²) in [5.74, 6) is 2.55. The molecule has 5 aromatic carbocycles. The zero-order chi connectivity index (χ0) is 34.6. The third kappa shape index (κ3) is 6.12. The Bertz CT molecular complexity index is 2220. The van der Waals surface area contributed by atoms with Crippen LogP contribution in [-0.2, 0) is 10.8 Å². The number of fused-ring (bicyclic) bond motifs is 3. The first-order chi connectivity index (χ1) is 24.0. The molecule has 0 N–H and O–H groups in total. The van der Waals surface area contributed by atoms with E-state index in [4.69, 9.17) is 9.72 Å². The van der Waals surface area contributed by atoms with Crippen molar-refractivity contribution in [1.82, 2.24) is 4.98 Å². The van der Waals surface area contributed by atoms with Gasteiger partial charge in [-0.2, -0.15) is 0 Å². The second-order valence-electron chi connectivity index (χ2n) is 15.1. The summed E-state index contributed by atoms with van der Waals surface area (Å²) in [4.78, 5) is 12.0.